The Morgan fingerprint density at radius 3 is 2.55 bits per heavy atom. The fourth-order valence-corrected chi connectivity index (χ4v) is 2.60. The molecular weight excluding hydrogens is 282 g/mol. The predicted octanol–water partition coefficient (Wildman–Crippen LogP) is 0.605. The van der Waals surface area contributed by atoms with Gasteiger partial charge < -0.3 is 10.6 Å². The lowest BCUT2D eigenvalue weighted by molar-refractivity contribution is -0.123. The molecule has 2 aromatic rings. The number of hydrogen-bond acceptors (Lipinski definition) is 4. The minimum absolute atomic E-state index is 0.0672. The number of piperidine rings is 1. The van der Waals surface area contributed by atoms with E-state index in [4.69, 9.17) is 5.73 Å². The number of pyridine rings is 1. The average Bonchev–Trinajstić information content (AvgIpc) is 3.09. The van der Waals surface area contributed by atoms with Crippen molar-refractivity contribution >= 4 is 11.8 Å². The van der Waals surface area contributed by atoms with Gasteiger partial charge in [-0.15, -0.1) is 0 Å². The molecule has 0 saturated carbocycles. The normalized spacial score (nSPS) is 15.7. The first-order valence-corrected chi connectivity index (χ1v) is 7.20. The van der Waals surface area contributed by atoms with Gasteiger partial charge in [0.1, 0.15) is 0 Å². The second-order valence-electron chi connectivity index (χ2n) is 5.32. The fourth-order valence-electron chi connectivity index (χ4n) is 2.60. The van der Waals surface area contributed by atoms with Crippen LogP contribution in [0.5, 0.6) is 0 Å². The van der Waals surface area contributed by atoms with Crippen molar-refractivity contribution in [3.8, 4) is 5.82 Å². The Labute approximate surface area is 127 Å². The van der Waals surface area contributed by atoms with Gasteiger partial charge in [-0.25, -0.2) is 9.67 Å². The van der Waals surface area contributed by atoms with E-state index in [1.54, 1.807) is 40.3 Å². The summed E-state index contributed by atoms with van der Waals surface area (Å²) in [5, 5.41) is 4.09. The molecule has 1 fully saturated rings. The highest BCUT2D eigenvalue weighted by Crippen LogP contribution is 2.18. The maximum Gasteiger partial charge on any atom is 0.255 e. The lowest BCUT2D eigenvalue weighted by Crippen LogP contribution is -2.41. The van der Waals surface area contributed by atoms with Crippen LogP contribution in [0.1, 0.15) is 23.2 Å². The molecule has 0 unspecified atom stereocenters. The van der Waals surface area contributed by atoms with Crippen molar-refractivity contribution < 1.29 is 9.59 Å². The van der Waals surface area contributed by atoms with E-state index in [2.05, 4.69) is 10.1 Å². The summed E-state index contributed by atoms with van der Waals surface area (Å²) < 4.78 is 1.63. The van der Waals surface area contributed by atoms with E-state index in [-0.39, 0.29) is 17.7 Å². The van der Waals surface area contributed by atoms with Gasteiger partial charge in [0.15, 0.2) is 5.82 Å². The van der Waals surface area contributed by atoms with E-state index in [1.807, 2.05) is 6.07 Å². The topological polar surface area (TPSA) is 94.1 Å². The average molecular weight is 299 g/mol. The molecule has 3 heterocycles. The molecular formula is C15H17N5O2. The summed E-state index contributed by atoms with van der Waals surface area (Å²) in [6.45, 7) is 1.10. The molecule has 1 aliphatic heterocycles. The number of rotatable bonds is 3. The zero-order chi connectivity index (χ0) is 15.5. The number of primary amides is 1. The SMILES string of the molecule is NC(=O)C1CCN(C(=O)c2ccc(-n3cccn3)nc2)CC1. The van der Waals surface area contributed by atoms with Gasteiger partial charge in [-0.2, -0.15) is 5.10 Å². The standard InChI is InChI=1S/C15H17N5O2/c16-14(21)11-4-8-19(9-5-11)15(22)12-2-3-13(17-10-12)20-7-1-6-18-20/h1-3,6-7,10-11H,4-5,8-9H2,(H2,16,21). The van der Waals surface area contributed by atoms with Crippen LogP contribution in [0, 0.1) is 5.92 Å². The Balaban J connectivity index is 1.67. The van der Waals surface area contributed by atoms with Crippen LogP contribution in [0.3, 0.4) is 0 Å². The van der Waals surface area contributed by atoms with Crippen molar-refractivity contribution in [2.75, 3.05) is 13.1 Å². The van der Waals surface area contributed by atoms with Crippen LogP contribution >= 0.6 is 0 Å². The lowest BCUT2D eigenvalue weighted by Gasteiger charge is -2.30. The first kappa shape index (κ1) is 14.2. The second-order valence-corrected chi connectivity index (χ2v) is 5.32. The van der Waals surface area contributed by atoms with Gasteiger partial charge in [-0.1, -0.05) is 0 Å². The number of carbonyl (C=O) groups excluding carboxylic acids is 2. The zero-order valence-electron chi connectivity index (χ0n) is 12.1. The monoisotopic (exact) mass is 299 g/mol. The van der Waals surface area contributed by atoms with E-state index < -0.39 is 0 Å². The molecule has 0 aromatic carbocycles. The Bertz CT molecular complexity index is 658. The highest BCUT2D eigenvalue weighted by molar-refractivity contribution is 5.94. The fraction of sp³-hybridized carbons (Fsp3) is 0.333. The number of nitrogens with zero attached hydrogens (tertiary/aromatic N) is 4. The third-order valence-electron chi connectivity index (χ3n) is 3.92. The molecule has 22 heavy (non-hydrogen) atoms. The van der Waals surface area contributed by atoms with Crippen molar-refractivity contribution in [2.45, 2.75) is 12.8 Å². The molecule has 1 aliphatic rings. The van der Waals surface area contributed by atoms with Gasteiger partial charge in [0.25, 0.3) is 5.91 Å². The Kier molecular flexibility index (Phi) is 3.86. The van der Waals surface area contributed by atoms with Crippen LogP contribution < -0.4 is 5.73 Å². The van der Waals surface area contributed by atoms with Crippen LogP contribution in [0.15, 0.2) is 36.8 Å². The van der Waals surface area contributed by atoms with E-state index in [0.29, 0.717) is 37.3 Å². The van der Waals surface area contributed by atoms with Gasteiger partial charge in [0.2, 0.25) is 5.91 Å². The van der Waals surface area contributed by atoms with E-state index >= 15 is 0 Å². The van der Waals surface area contributed by atoms with Crippen molar-refractivity contribution in [2.24, 2.45) is 11.7 Å². The number of carbonyl (C=O) groups is 2. The molecule has 0 radical (unpaired) electrons. The number of nitrogens with two attached hydrogens (primary N) is 1. The van der Waals surface area contributed by atoms with Gasteiger partial charge in [0.05, 0.1) is 5.56 Å². The lowest BCUT2D eigenvalue weighted by atomic mass is 9.96. The van der Waals surface area contributed by atoms with Crippen LogP contribution in [-0.2, 0) is 4.79 Å². The van der Waals surface area contributed by atoms with Crippen molar-refractivity contribution in [3.05, 3.63) is 42.4 Å². The molecule has 0 atom stereocenters. The van der Waals surface area contributed by atoms with Crippen molar-refractivity contribution in [1.82, 2.24) is 19.7 Å². The highest BCUT2D eigenvalue weighted by atomic mass is 16.2. The summed E-state index contributed by atoms with van der Waals surface area (Å²) in [5.74, 6) is 0.193. The van der Waals surface area contributed by atoms with E-state index in [0.717, 1.165) is 0 Å². The van der Waals surface area contributed by atoms with E-state index in [9.17, 15) is 9.59 Å². The molecule has 7 heteroatoms. The van der Waals surface area contributed by atoms with Crippen molar-refractivity contribution in [3.63, 3.8) is 0 Å². The summed E-state index contributed by atoms with van der Waals surface area (Å²) >= 11 is 0. The summed E-state index contributed by atoms with van der Waals surface area (Å²) in [7, 11) is 0. The molecule has 1 saturated heterocycles. The molecule has 2 N–H and O–H groups in total. The Hall–Kier alpha value is -2.70. The van der Waals surface area contributed by atoms with Crippen LogP contribution in [0.2, 0.25) is 0 Å². The van der Waals surface area contributed by atoms with Gasteiger partial charge in [-0.05, 0) is 31.0 Å². The number of aromatic nitrogens is 3. The zero-order valence-corrected chi connectivity index (χ0v) is 12.1. The molecule has 0 aliphatic carbocycles. The van der Waals surface area contributed by atoms with Gasteiger partial charge in [-0.3, -0.25) is 9.59 Å². The highest BCUT2D eigenvalue weighted by Gasteiger charge is 2.26. The Morgan fingerprint density at radius 2 is 2.00 bits per heavy atom. The summed E-state index contributed by atoms with van der Waals surface area (Å²) in [5.41, 5.74) is 5.84. The van der Waals surface area contributed by atoms with E-state index in [1.165, 1.54) is 0 Å². The van der Waals surface area contributed by atoms with Gasteiger partial charge >= 0.3 is 0 Å². The number of amides is 2. The largest absolute Gasteiger partial charge is 0.369 e. The molecule has 114 valence electrons. The first-order valence-electron chi connectivity index (χ1n) is 7.20. The second kappa shape index (κ2) is 5.97. The molecule has 2 amide bonds. The molecule has 0 bridgehead atoms. The minimum Gasteiger partial charge on any atom is -0.369 e. The van der Waals surface area contributed by atoms with Crippen LogP contribution in [0.4, 0.5) is 0 Å². The summed E-state index contributed by atoms with van der Waals surface area (Å²) in [6.07, 6.45) is 6.27. The van der Waals surface area contributed by atoms with Gasteiger partial charge in [0, 0.05) is 37.6 Å². The third kappa shape index (κ3) is 2.83. The smallest absolute Gasteiger partial charge is 0.255 e. The van der Waals surface area contributed by atoms with Crippen LogP contribution in [-0.4, -0.2) is 44.6 Å². The maximum absolute atomic E-state index is 12.4. The number of likely N-dealkylation sites (tertiary alicyclic amines) is 1. The van der Waals surface area contributed by atoms with Crippen LogP contribution in [0.25, 0.3) is 5.82 Å². The third-order valence-corrected chi connectivity index (χ3v) is 3.92. The summed E-state index contributed by atoms with van der Waals surface area (Å²) in [6, 6.07) is 5.31. The maximum atomic E-state index is 12.4. The predicted molar refractivity (Wildman–Crippen MR) is 79.2 cm³/mol. The summed E-state index contributed by atoms with van der Waals surface area (Å²) in [4.78, 5) is 29.6. The van der Waals surface area contributed by atoms with Crippen molar-refractivity contribution in [1.29, 1.82) is 0 Å². The molecule has 3 rings (SSSR count). The first-order chi connectivity index (χ1) is 10.6. The quantitative estimate of drug-likeness (QED) is 0.898. The molecule has 2 aromatic heterocycles. The minimum atomic E-state index is -0.280. The molecule has 7 nitrogen and oxygen atoms in total. The Morgan fingerprint density at radius 1 is 1.23 bits per heavy atom. The molecule has 0 spiro atoms. The number of hydrogen-bond donors (Lipinski definition) is 1.